The minimum absolute atomic E-state index is 0.0275. The molecule has 4 saturated carbocycles. The normalized spacial score (nSPS) is 36.6. The second-order valence-corrected chi connectivity index (χ2v) is 23.7. The van der Waals surface area contributed by atoms with E-state index in [1.165, 1.54) is 193 Å². The minimum Gasteiger partial charge on any atom is -0.462 e. The van der Waals surface area contributed by atoms with Gasteiger partial charge in [0.05, 0.1) is 0 Å². The molecule has 336 valence electrons. The number of hydrogen-bond donors (Lipinski definition) is 0. The first kappa shape index (κ1) is 48.2. The van der Waals surface area contributed by atoms with Gasteiger partial charge in [0.1, 0.15) is 6.10 Å². The average Bonchev–Trinajstić information content (AvgIpc) is 3.18. The van der Waals surface area contributed by atoms with Crippen LogP contribution >= 0.6 is 0 Å². The van der Waals surface area contributed by atoms with E-state index in [2.05, 4.69) is 68.4 Å². The summed E-state index contributed by atoms with van der Waals surface area (Å²) in [6.45, 7) is 23.2. The van der Waals surface area contributed by atoms with Gasteiger partial charge in [0.15, 0.2) is 0 Å². The predicted octanol–water partition coefficient (Wildman–Crippen LogP) is 18.0. The van der Waals surface area contributed by atoms with Gasteiger partial charge in [-0.1, -0.05) is 215 Å². The Morgan fingerprint density at radius 3 is 1.60 bits per heavy atom. The molecule has 0 aromatic heterocycles. The van der Waals surface area contributed by atoms with Crippen molar-refractivity contribution in [1.82, 2.24) is 0 Å². The molecule has 0 aromatic rings. The summed E-state index contributed by atoms with van der Waals surface area (Å²) >= 11 is 0. The monoisotopic (exact) mass is 805 g/mol. The first-order chi connectivity index (χ1) is 27.7. The zero-order valence-electron chi connectivity index (χ0n) is 40.7. The van der Waals surface area contributed by atoms with Crippen molar-refractivity contribution >= 4 is 5.97 Å². The molecule has 0 spiro atoms. The Labute approximate surface area is 362 Å². The van der Waals surface area contributed by atoms with Gasteiger partial charge in [-0.3, -0.25) is 4.79 Å². The van der Waals surface area contributed by atoms with Crippen LogP contribution in [0, 0.1) is 56.7 Å². The zero-order valence-corrected chi connectivity index (χ0v) is 40.7. The van der Waals surface area contributed by atoms with Crippen molar-refractivity contribution in [1.29, 1.82) is 0 Å². The van der Waals surface area contributed by atoms with E-state index in [-0.39, 0.29) is 17.5 Å². The number of rotatable bonds is 25. The number of fused-ring (bicyclic) bond motifs is 7. The van der Waals surface area contributed by atoms with Crippen LogP contribution < -0.4 is 0 Å². The highest BCUT2D eigenvalue weighted by atomic mass is 16.5. The molecule has 5 rings (SSSR count). The van der Waals surface area contributed by atoms with Crippen LogP contribution in [0.1, 0.15) is 274 Å². The largest absolute Gasteiger partial charge is 0.462 e. The number of unbranched alkanes of at least 4 members (excludes halogenated alkanes) is 22. The molecule has 10 atom stereocenters. The van der Waals surface area contributed by atoms with Crippen LogP contribution in [-0.2, 0) is 9.53 Å². The molecule has 0 radical (unpaired) electrons. The SMILES string of the molecule is CCCCCCCCCCCCCCCCCCCCCCCCCC(=O)OC1CCC2(C)C(CCC3(C)C2CC=C2C4C(C)C(C)CCC4(C)CCC23C)C1(C)C. The lowest BCUT2D eigenvalue weighted by Gasteiger charge is -2.71. The topological polar surface area (TPSA) is 26.3 Å². The summed E-state index contributed by atoms with van der Waals surface area (Å²) in [5.41, 5.74) is 3.39. The Balaban J connectivity index is 0.925. The van der Waals surface area contributed by atoms with E-state index in [0.29, 0.717) is 34.0 Å². The Kier molecular flexibility index (Phi) is 18.3. The Bertz CT molecular complexity index is 1260. The van der Waals surface area contributed by atoms with Crippen LogP contribution in [0.3, 0.4) is 0 Å². The molecule has 10 unspecified atom stereocenters. The fourth-order valence-corrected chi connectivity index (χ4v) is 15.3. The number of carbonyl (C=O) groups is 1. The van der Waals surface area contributed by atoms with Crippen molar-refractivity contribution in [2.45, 2.75) is 280 Å². The van der Waals surface area contributed by atoms with E-state index < -0.39 is 0 Å². The summed E-state index contributed by atoms with van der Waals surface area (Å²) in [6.07, 6.45) is 47.4. The maximum absolute atomic E-state index is 13.3. The number of allylic oxidation sites excluding steroid dienone is 2. The maximum Gasteiger partial charge on any atom is 0.306 e. The second kappa shape index (κ2) is 22.0. The first-order valence-corrected chi connectivity index (χ1v) is 26.6. The van der Waals surface area contributed by atoms with Crippen molar-refractivity contribution in [3.05, 3.63) is 11.6 Å². The van der Waals surface area contributed by atoms with Crippen LogP contribution in [-0.4, -0.2) is 12.1 Å². The van der Waals surface area contributed by atoms with Gasteiger partial charge in [-0.05, 0) is 115 Å². The summed E-state index contributed by atoms with van der Waals surface area (Å²) in [5.74, 6) is 3.81. The highest BCUT2D eigenvalue weighted by Crippen LogP contribution is 2.75. The lowest BCUT2D eigenvalue weighted by Crippen LogP contribution is -2.65. The van der Waals surface area contributed by atoms with Gasteiger partial charge in [-0.15, -0.1) is 0 Å². The van der Waals surface area contributed by atoms with Crippen molar-refractivity contribution < 1.29 is 9.53 Å². The van der Waals surface area contributed by atoms with Crippen molar-refractivity contribution in [2.24, 2.45) is 56.7 Å². The lowest BCUT2D eigenvalue weighted by molar-refractivity contribution is -0.213. The molecule has 2 heteroatoms. The summed E-state index contributed by atoms with van der Waals surface area (Å²) < 4.78 is 6.46. The summed E-state index contributed by atoms with van der Waals surface area (Å²) in [4.78, 5) is 13.3. The molecule has 0 aliphatic heterocycles. The van der Waals surface area contributed by atoms with Gasteiger partial charge >= 0.3 is 5.97 Å². The number of carbonyl (C=O) groups excluding carboxylic acids is 1. The van der Waals surface area contributed by atoms with Crippen LogP contribution in [0.4, 0.5) is 0 Å². The molecular formula is C56H100O2. The van der Waals surface area contributed by atoms with Crippen molar-refractivity contribution in [2.75, 3.05) is 0 Å². The van der Waals surface area contributed by atoms with E-state index in [1.54, 1.807) is 0 Å². The third-order valence-corrected chi connectivity index (χ3v) is 19.6. The van der Waals surface area contributed by atoms with Gasteiger partial charge < -0.3 is 4.74 Å². The van der Waals surface area contributed by atoms with Gasteiger partial charge in [-0.25, -0.2) is 0 Å². The molecule has 0 bridgehead atoms. The molecule has 5 aliphatic rings. The fraction of sp³-hybridized carbons (Fsp3) is 0.946. The molecule has 5 aliphatic carbocycles. The Morgan fingerprint density at radius 2 is 1.09 bits per heavy atom. The number of hydrogen-bond acceptors (Lipinski definition) is 2. The molecule has 0 N–H and O–H groups in total. The quantitative estimate of drug-likeness (QED) is 0.0522. The highest BCUT2D eigenvalue weighted by molar-refractivity contribution is 5.69. The summed E-state index contributed by atoms with van der Waals surface area (Å²) in [6, 6.07) is 0. The van der Waals surface area contributed by atoms with E-state index in [9.17, 15) is 4.79 Å². The maximum atomic E-state index is 13.3. The van der Waals surface area contributed by atoms with E-state index >= 15 is 0 Å². The van der Waals surface area contributed by atoms with Gasteiger partial charge in [0.25, 0.3) is 0 Å². The molecule has 0 aromatic carbocycles. The fourth-order valence-electron chi connectivity index (χ4n) is 15.3. The zero-order chi connectivity index (χ0) is 41.9. The van der Waals surface area contributed by atoms with E-state index in [4.69, 9.17) is 4.74 Å². The molecule has 0 amide bonds. The first-order valence-electron chi connectivity index (χ1n) is 26.6. The Hall–Kier alpha value is -0.790. The number of ether oxygens (including phenoxy) is 1. The van der Waals surface area contributed by atoms with E-state index in [1.807, 2.05) is 5.57 Å². The lowest BCUT2D eigenvalue weighted by atomic mass is 9.33. The molecular weight excluding hydrogens is 705 g/mol. The molecule has 2 nitrogen and oxygen atoms in total. The van der Waals surface area contributed by atoms with Crippen LogP contribution in [0.5, 0.6) is 0 Å². The van der Waals surface area contributed by atoms with Crippen LogP contribution in [0.25, 0.3) is 0 Å². The smallest absolute Gasteiger partial charge is 0.306 e. The van der Waals surface area contributed by atoms with Gasteiger partial charge in [-0.2, -0.15) is 0 Å². The third kappa shape index (κ3) is 11.0. The Morgan fingerprint density at radius 1 is 0.586 bits per heavy atom. The molecule has 0 heterocycles. The van der Waals surface area contributed by atoms with Crippen LogP contribution in [0.2, 0.25) is 0 Å². The minimum atomic E-state index is 0.0275. The molecule has 4 fully saturated rings. The predicted molar refractivity (Wildman–Crippen MR) is 251 cm³/mol. The standard InChI is InChI=1S/C56H100O2/c1-10-11-12-13-14-15-16-17-18-19-20-21-22-23-24-25-26-27-28-29-30-31-32-33-50(57)58-49-38-40-54(7)47(52(49,4)5)37-41-56(9)48(54)35-34-46-51-45(3)44(2)36-39-53(51,6)42-43-55(46,56)8/h34,44-45,47-49,51H,10-33,35-43H2,1-9H3. The van der Waals surface area contributed by atoms with Crippen LogP contribution in [0.15, 0.2) is 11.6 Å². The van der Waals surface area contributed by atoms with Crippen molar-refractivity contribution in [3.8, 4) is 0 Å². The highest BCUT2D eigenvalue weighted by Gasteiger charge is 2.68. The third-order valence-electron chi connectivity index (χ3n) is 19.6. The number of esters is 1. The molecule has 58 heavy (non-hydrogen) atoms. The summed E-state index contributed by atoms with van der Waals surface area (Å²) in [5, 5.41) is 0. The van der Waals surface area contributed by atoms with Gasteiger partial charge in [0.2, 0.25) is 0 Å². The molecule has 0 saturated heterocycles. The summed E-state index contributed by atoms with van der Waals surface area (Å²) in [7, 11) is 0. The second-order valence-electron chi connectivity index (χ2n) is 23.7. The van der Waals surface area contributed by atoms with Crippen molar-refractivity contribution in [3.63, 3.8) is 0 Å². The van der Waals surface area contributed by atoms with E-state index in [0.717, 1.165) is 36.5 Å². The van der Waals surface area contributed by atoms with Gasteiger partial charge in [0, 0.05) is 11.8 Å². The average molecular weight is 805 g/mol.